The van der Waals surface area contributed by atoms with Gasteiger partial charge in [-0.3, -0.25) is 0 Å². The Kier molecular flexibility index (Phi) is 37.6. The molecule has 0 aliphatic carbocycles. The summed E-state index contributed by atoms with van der Waals surface area (Å²) in [5.74, 6) is 0. The predicted octanol–water partition coefficient (Wildman–Crippen LogP) is 6.49. The molecule has 0 saturated carbocycles. The average molecular weight is 516 g/mol. The van der Waals surface area contributed by atoms with Crippen LogP contribution in [-0.4, -0.2) is 31.7 Å². The van der Waals surface area contributed by atoms with Crippen LogP contribution in [-0.2, 0) is 0 Å². The molecule has 0 unspecified atom stereocenters. The van der Waals surface area contributed by atoms with Crippen LogP contribution in [0.15, 0.2) is 0 Å². The van der Waals surface area contributed by atoms with Crippen LogP contribution in [0.25, 0.3) is 0 Å². The van der Waals surface area contributed by atoms with Crippen molar-refractivity contribution in [3.8, 4) is 0 Å². The van der Waals surface area contributed by atoms with Gasteiger partial charge in [-0.15, -0.1) is 12.4 Å². The lowest BCUT2D eigenvalue weighted by Gasteiger charge is -2.30. The van der Waals surface area contributed by atoms with Gasteiger partial charge < -0.3 is 27.6 Å². The molecule has 0 saturated heterocycles. The molecule has 0 fully saturated rings. The molecule has 0 aromatic rings. The molecular weight excluding hydrogens is 456 g/mol. The lowest BCUT2D eigenvalue weighted by atomic mass is 10.1. The van der Waals surface area contributed by atoms with Crippen molar-refractivity contribution in [3.63, 3.8) is 0 Å². The number of halogens is 2. The molecule has 0 bridgehead atoms. The van der Waals surface area contributed by atoms with Crippen molar-refractivity contribution < 1.29 is 21.5 Å². The molecule has 0 atom stereocenters. The highest BCUT2D eigenvalue weighted by Crippen LogP contribution is 2.14. The van der Waals surface area contributed by atoms with Crippen LogP contribution in [0.4, 0.5) is 0 Å². The van der Waals surface area contributed by atoms with Crippen LogP contribution in [0.5, 0.6) is 0 Å². The van der Waals surface area contributed by atoms with Gasteiger partial charge in [0.1, 0.15) is 0 Å². The zero-order valence-electron chi connectivity index (χ0n) is 21.5. The van der Waals surface area contributed by atoms with Gasteiger partial charge in [-0.05, 0) is 25.7 Å². The van der Waals surface area contributed by atoms with Crippen molar-refractivity contribution in [1.82, 2.24) is 6.15 Å². The van der Waals surface area contributed by atoms with E-state index < -0.39 is 0 Å². The largest absolute Gasteiger partial charge is 1.00 e. The first kappa shape index (κ1) is 38.0. The second-order valence-electron chi connectivity index (χ2n) is 9.75. The summed E-state index contributed by atoms with van der Waals surface area (Å²) < 4.78 is 1.24. The topological polar surface area (TPSA) is 35.0 Å². The molecule has 0 radical (unpaired) electrons. The van der Waals surface area contributed by atoms with Gasteiger partial charge in [0.05, 0.1) is 27.2 Å². The molecule has 2 nitrogen and oxygen atoms in total. The van der Waals surface area contributed by atoms with E-state index in [1.54, 1.807) is 0 Å². The normalized spacial score (nSPS) is 10.8. The number of hydrogen-bond acceptors (Lipinski definition) is 1. The highest BCUT2D eigenvalue weighted by atomic mass is 79.9. The molecule has 0 aromatic carbocycles. The molecular formula is C26H60BrClN2. The van der Waals surface area contributed by atoms with Crippen LogP contribution >= 0.6 is 12.4 Å². The van der Waals surface area contributed by atoms with Gasteiger partial charge in [0.2, 0.25) is 0 Å². The Morgan fingerprint density at radius 2 is 0.600 bits per heavy atom. The van der Waals surface area contributed by atoms with Crippen molar-refractivity contribution in [2.24, 2.45) is 0 Å². The quantitative estimate of drug-likeness (QED) is 0.130. The zero-order valence-corrected chi connectivity index (χ0v) is 23.9. The first-order valence-electron chi connectivity index (χ1n) is 12.9. The molecule has 0 rings (SSSR count). The fraction of sp³-hybridized carbons (Fsp3) is 1.00. The number of unbranched alkanes of at least 4 members (excludes halogenated alkanes) is 18. The van der Waals surface area contributed by atoms with Crippen molar-refractivity contribution in [3.05, 3.63) is 0 Å². The third kappa shape index (κ3) is 30.9. The molecule has 4 heteroatoms. The molecule has 0 aromatic heterocycles. The number of nitrogens with zero attached hydrogens (tertiary/aromatic N) is 1. The van der Waals surface area contributed by atoms with E-state index in [1.165, 1.54) is 146 Å². The van der Waals surface area contributed by atoms with E-state index in [2.05, 4.69) is 27.9 Å². The van der Waals surface area contributed by atoms with Gasteiger partial charge in [-0.2, -0.15) is 0 Å². The van der Waals surface area contributed by atoms with E-state index in [0.29, 0.717) is 0 Å². The Bertz CT molecular complexity index is 262. The first-order valence-corrected chi connectivity index (χ1v) is 12.9. The second-order valence-corrected chi connectivity index (χ2v) is 9.75. The summed E-state index contributed by atoms with van der Waals surface area (Å²) in [4.78, 5) is 0. The summed E-state index contributed by atoms with van der Waals surface area (Å²) in [6, 6.07) is 0. The minimum atomic E-state index is 0. The summed E-state index contributed by atoms with van der Waals surface area (Å²) in [6.45, 7) is 7.37. The van der Waals surface area contributed by atoms with Crippen molar-refractivity contribution in [1.29, 1.82) is 0 Å². The van der Waals surface area contributed by atoms with Gasteiger partial charge in [0, 0.05) is 0 Å². The summed E-state index contributed by atoms with van der Waals surface area (Å²) in [7, 11) is 4.89. The Morgan fingerprint density at radius 3 is 0.833 bits per heavy atom. The Labute approximate surface area is 209 Å². The molecule has 0 heterocycles. The fourth-order valence-electron chi connectivity index (χ4n) is 4.17. The minimum Gasteiger partial charge on any atom is -1.00 e. The molecule has 3 N–H and O–H groups in total. The summed E-state index contributed by atoms with van der Waals surface area (Å²) in [5.41, 5.74) is 0. The van der Waals surface area contributed by atoms with Crippen LogP contribution in [0, 0.1) is 0 Å². The third-order valence-electron chi connectivity index (χ3n) is 6.23. The van der Waals surface area contributed by atoms with Crippen molar-refractivity contribution in [2.75, 3.05) is 27.2 Å². The van der Waals surface area contributed by atoms with Crippen molar-refractivity contribution >= 4 is 12.4 Å². The molecule has 188 valence electrons. The van der Waals surface area contributed by atoms with E-state index in [1.807, 2.05) is 0 Å². The van der Waals surface area contributed by atoms with Gasteiger partial charge >= 0.3 is 0 Å². The van der Waals surface area contributed by atoms with E-state index >= 15 is 0 Å². The van der Waals surface area contributed by atoms with Gasteiger partial charge in [0.15, 0.2) is 0 Å². The maximum Gasteiger partial charge on any atom is 0.0782 e. The van der Waals surface area contributed by atoms with Crippen LogP contribution in [0.1, 0.15) is 142 Å². The number of hydrogen-bond donors (Lipinski definition) is 1. The third-order valence-corrected chi connectivity index (χ3v) is 6.23. The van der Waals surface area contributed by atoms with E-state index in [-0.39, 0.29) is 35.5 Å². The average Bonchev–Trinajstić information content (AvgIpc) is 2.64. The maximum absolute atomic E-state index is 2.45. The lowest BCUT2D eigenvalue weighted by molar-refractivity contribution is -0.890. The smallest absolute Gasteiger partial charge is 0.0782 e. The van der Waals surface area contributed by atoms with Crippen molar-refractivity contribution in [2.45, 2.75) is 142 Å². The zero-order chi connectivity index (χ0) is 20.1. The Balaban J connectivity index is -0.00000113. The summed E-state index contributed by atoms with van der Waals surface area (Å²) in [5, 5.41) is 0. The Morgan fingerprint density at radius 1 is 0.400 bits per heavy atom. The van der Waals surface area contributed by atoms with E-state index in [9.17, 15) is 0 Å². The Hall–Kier alpha value is 0.690. The van der Waals surface area contributed by atoms with Gasteiger partial charge in [-0.1, -0.05) is 117 Å². The van der Waals surface area contributed by atoms with Crippen LogP contribution in [0.2, 0.25) is 0 Å². The van der Waals surface area contributed by atoms with Gasteiger partial charge in [-0.25, -0.2) is 0 Å². The summed E-state index contributed by atoms with van der Waals surface area (Å²) in [6.07, 6.45) is 29.0. The number of rotatable bonds is 22. The summed E-state index contributed by atoms with van der Waals surface area (Å²) >= 11 is 0. The van der Waals surface area contributed by atoms with E-state index in [0.717, 1.165) is 0 Å². The van der Waals surface area contributed by atoms with Crippen LogP contribution < -0.4 is 23.1 Å². The first-order chi connectivity index (χ1) is 13.1. The predicted molar refractivity (Wildman–Crippen MR) is 138 cm³/mol. The standard InChI is InChI=1S/C26H56N.BrH.ClH.H3N/c1-5-7-9-11-13-15-17-19-21-23-25-27(3,4)26-24-22-20-18-16-14-12-10-8-6-2;;;/h5-26H2,1-4H3;2*1H;1H3/q+1;;;/p-1. The monoisotopic (exact) mass is 514 g/mol. The fourth-order valence-corrected chi connectivity index (χ4v) is 4.17. The maximum atomic E-state index is 2.45. The molecule has 0 amide bonds. The molecule has 0 aliphatic heterocycles. The number of quaternary nitrogens is 1. The molecule has 30 heavy (non-hydrogen) atoms. The van der Waals surface area contributed by atoms with E-state index in [4.69, 9.17) is 0 Å². The van der Waals surface area contributed by atoms with Gasteiger partial charge in [0.25, 0.3) is 0 Å². The molecule has 0 aliphatic rings. The lowest BCUT2D eigenvalue weighted by Crippen LogP contribution is -3.00. The van der Waals surface area contributed by atoms with Crippen LogP contribution in [0.3, 0.4) is 0 Å². The highest BCUT2D eigenvalue weighted by molar-refractivity contribution is 5.85. The highest BCUT2D eigenvalue weighted by Gasteiger charge is 2.13. The second kappa shape index (κ2) is 29.7. The SMILES string of the molecule is CCCCCCCCCCCC[N+](C)(C)CCCCCCCCCCCC.Cl.N.[Br-]. The minimum absolute atomic E-state index is 0. The molecule has 0 spiro atoms.